The van der Waals surface area contributed by atoms with Gasteiger partial charge < -0.3 is 5.32 Å². The first kappa shape index (κ1) is 14.0. The van der Waals surface area contributed by atoms with Crippen molar-refractivity contribution in [3.05, 3.63) is 29.6 Å². The fourth-order valence-electron chi connectivity index (χ4n) is 1.54. The van der Waals surface area contributed by atoms with E-state index < -0.39 is 11.7 Å². The van der Waals surface area contributed by atoms with Crippen molar-refractivity contribution in [1.82, 2.24) is 10.3 Å². The molecule has 0 saturated heterocycles. The first-order chi connectivity index (χ1) is 7.93. The molecule has 0 bridgehead atoms. The summed E-state index contributed by atoms with van der Waals surface area (Å²) >= 11 is 0. The summed E-state index contributed by atoms with van der Waals surface area (Å²) in [5, 5.41) is 3.22. The van der Waals surface area contributed by atoms with E-state index in [4.69, 9.17) is 0 Å². The van der Waals surface area contributed by atoms with E-state index in [1.807, 2.05) is 13.8 Å². The molecule has 0 amide bonds. The lowest BCUT2D eigenvalue weighted by atomic mass is 10.1. The van der Waals surface area contributed by atoms with E-state index >= 15 is 0 Å². The van der Waals surface area contributed by atoms with Crippen molar-refractivity contribution in [3.63, 3.8) is 0 Å². The molecule has 0 spiro atoms. The molecule has 1 rings (SSSR count). The van der Waals surface area contributed by atoms with Crippen molar-refractivity contribution in [1.29, 1.82) is 0 Å². The predicted octanol–water partition coefficient (Wildman–Crippen LogP) is 3.03. The number of nitrogens with zero attached hydrogens (tertiary/aromatic N) is 1. The summed E-state index contributed by atoms with van der Waals surface area (Å²) in [7, 11) is 0. The van der Waals surface area contributed by atoms with Crippen molar-refractivity contribution in [3.8, 4) is 0 Å². The van der Waals surface area contributed by atoms with Gasteiger partial charge in [-0.2, -0.15) is 13.2 Å². The summed E-state index contributed by atoms with van der Waals surface area (Å²) in [6.07, 6.45) is -1.58. The third kappa shape index (κ3) is 4.73. The zero-order valence-electron chi connectivity index (χ0n) is 10.0. The van der Waals surface area contributed by atoms with E-state index in [2.05, 4.69) is 10.3 Å². The smallest absolute Gasteiger partial charge is 0.314 e. The van der Waals surface area contributed by atoms with Crippen molar-refractivity contribution in [2.45, 2.75) is 38.9 Å². The minimum atomic E-state index is -4.29. The Morgan fingerprint density at radius 3 is 2.71 bits per heavy atom. The monoisotopic (exact) mass is 246 g/mol. The summed E-state index contributed by atoms with van der Waals surface area (Å²) in [4.78, 5) is 3.96. The molecule has 0 aromatic carbocycles. The Balaban J connectivity index is 2.66. The molecule has 0 saturated carbocycles. The third-order valence-corrected chi connectivity index (χ3v) is 2.40. The predicted molar refractivity (Wildman–Crippen MR) is 60.7 cm³/mol. The van der Waals surface area contributed by atoms with Gasteiger partial charge in [-0.15, -0.1) is 0 Å². The molecule has 1 atom stereocenters. The number of hydrogen-bond donors (Lipinski definition) is 1. The zero-order chi connectivity index (χ0) is 12.9. The molecule has 1 unspecified atom stereocenters. The van der Waals surface area contributed by atoms with Crippen molar-refractivity contribution >= 4 is 0 Å². The number of aromatic nitrogens is 1. The fourth-order valence-corrected chi connectivity index (χ4v) is 1.54. The molecule has 1 N–H and O–H groups in total. The molecule has 0 aliphatic heterocycles. The van der Waals surface area contributed by atoms with Gasteiger partial charge in [0.2, 0.25) is 0 Å². The second kappa shape index (κ2) is 6.00. The number of hydrogen-bond acceptors (Lipinski definition) is 2. The highest BCUT2D eigenvalue weighted by molar-refractivity contribution is 5.19. The lowest BCUT2D eigenvalue weighted by Crippen LogP contribution is -2.29. The first-order valence-electron chi connectivity index (χ1n) is 5.69. The maximum atomic E-state index is 12.5. The molecule has 0 aliphatic carbocycles. The first-order valence-corrected chi connectivity index (χ1v) is 5.69. The summed E-state index contributed by atoms with van der Waals surface area (Å²) < 4.78 is 37.4. The van der Waals surface area contributed by atoms with Gasteiger partial charge in [0.1, 0.15) is 0 Å². The lowest BCUT2D eigenvalue weighted by Gasteiger charge is -2.13. The molecular formula is C12H17F3N2. The van der Waals surface area contributed by atoms with E-state index in [1.165, 1.54) is 6.20 Å². The van der Waals surface area contributed by atoms with Crippen molar-refractivity contribution in [2.24, 2.45) is 0 Å². The van der Waals surface area contributed by atoms with Gasteiger partial charge in [0.25, 0.3) is 0 Å². The molecule has 0 aliphatic rings. The van der Waals surface area contributed by atoms with Gasteiger partial charge in [0, 0.05) is 24.4 Å². The van der Waals surface area contributed by atoms with Crippen LogP contribution < -0.4 is 5.32 Å². The fraction of sp³-hybridized carbons (Fsp3) is 0.583. The molecule has 1 aromatic rings. The van der Waals surface area contributed by atoms with Gasteiger partial charge in [-0.1, -0.05) is 6.92 Å². The van der Waals surface area contributed by atoms with Gasteiger partial charge >= 0.3 is 6.18 Å². The van der Waals surface area contributed by atoms with Crippen LogP contribution in [0.4, 0.5) is 13.2 Å². The Hall–Kier alpha value is -1.10. The average molecular weight is 246 g/mol. The van der Waals surface area contributed by atoms with Gasteiger partial charge in [0.05, 0.1) is 5.56 Å². The van der Waals surface area contributed by atoms with Crippen LogP contribution in [0.3, 0.4) is 0 Å². The van der Waals surface area contributed by atoms with Crippen LogP contribution in [0, 0.1) is 0 Å². The summed E-state index contributed by atoms with van der Waals surface area (Å²) in [6, 6.07) is 2.24. The van der Waals surface area contributed by atoms with E-state index in [0.29, 0.717) is 12.1 Å². The van der Waals surface area contributed by atoms with Crippen molar-refractivity contribution in [2.75, 3.05) is 6.54 Å². The van der Waals surface area contributed by atoms with Gasteiger partial charge in [-0.05, 0) is 32.0 Å². The van der Waals surface area contributed by atoms with E-state index in [0.717, 1.165) is 25.1 Å². The van der Waals surface area contributed by atoms with Crippen LogP contribution in [0.2, 0.25) is 0 Å². The van der Waals surface area contributed by atoms with Crippen LogP contribution in [-0.2, 0) is 12.6 Å². The molecule has 0 radical (unpaired) electrons. The van der Waals surface area contributed by atoms with Crippen LogP contribution >= 0.6 is 0 Å². The van der Waals surface area contributed by atoms with Gasteiger partial charge in [-0.3, -0.25) is 4.98 Å². The Morgan fingerprint density at radius 2 is 2.12 bits per heavy atom. The van der Waals surface area contributed by atoms with Crippen LogP contribution in [0.5, 0.6) is 0 Å². The van der Waals surface area contributed by atoms with E-state index in [-0.39, 0.29) is 6.04 Å². The molecule has 17 heavy (non-hydrogen) atoms. The minimum Gasteiger partial charge on any atom is -0.314 e. The third-order valence-electron chi connectivity index (χ3n) is 2.40. The Kier molecular flexibility index (Phi) is 4.93. The maximum Gasteiger partial charge on any atom is 0.416 e. The highest BCUT2D eigenvalue weighted by Crippen LogP contribution is 2.29. The highest BCUT2D eigenvalue weighted by Gasteiger charge is 2.30. The maximum absolute atomic E-state index is 12.5. The van der Waals surface area contributed by atoms with Crippen molar-refractivity contribution < 1.29 is 13.2 Å². The quantitative estimate of drug-likeness (QED) is 0.863. The normalized spacial score (nSPS) is 13.7. The topological polar surface area (TPSA) is 24.9 Å². The standard InChI is InChI=1S/C12H17F3N2/c1-3-5-16-9(2)7-11-8-10(4-6-17-11)12(13,14)15/h4,6,8-9,16H,3,5,7H2,1-2H3. The molecule has 5 heteroatoms. The second-order valence-electron chi connectivity index (χ2n) is 4.09. The van der Waals surface area contributed by atoms with Gasteiger partial charge in [-0.25, -0.2) is 0 Å². The van der Waals surface area contributed by atoms with Gasteiger partial charge in [0.15, 0.2) is 0 Å². The second-order valence-corrected chi connectivity index (χ2v) is 4.09. The van der Waals surface area contributed by atoms with Crippen LogP contribution in [0.25, 0.3) is 0 Å². The zero-order valence-corrected chi connectivity index (χ0v) is 10.0. The molecule has 0 fully saturated rings. The largest absolute Gasteiger partial charge is 0.416 e. The molecule has 2 nitrogen and oxygen atoms in total. The molecule has 1 aromatic heterocycles. The molecule has 96 valence electrons. The van der Waals surface area contributed by atoms with Crippen LogP contribution in [-0.4, -0.2) is 17.6 Å². The van der Waals surface area contributed by atoms with E-state index in [1.54, 1.807) is 0 Å². The summed E-state index contributed by atoms with van der Waals surface area (Å²) in [6.45, 7) is 4.85. The molecular weight excluding hydrogens is 229 g/mol. The Morgan fingerprint density at radius 1 is 1.41 bits per heavy atom. The minimum absolute atomic E-state index is 0.130. The highest BCUT2D eigenvalue weighted by atomic mass is 19.4. The van der Waals surface area contributed by atoms with Crippen LogP contribution in [0.1, 0.15) is 31.5 Å². The SMILES string of the molecule is CCCNC(C)Cc1cc(C(F)(F)F)ccn1. The summed E-state index contributed by atoms with van der Waals surface area (Å²) in [5.74, 6) is 0. The number of pyridine rings is 1. The number of halogens is 3. The number of rotatable bonds is 5. The average Bonchev–Trinajstić information content (AvgIpc) is 2.25. The van der Waals surface area contributed by atoms with Crippen LogP contribution in [0.15, 0.2) is 18.3 Å². The number of alkyl halides is 3. The Bertz CT molecular complexity index is 350. The van der Waals surface area contributed by atoms with E-state index in [9.17, 15) is 13.2 Å². The summed E-state index contributed by atoms with van der Waals surface area (Å²) in [5.41, 5.74) is -0.166. The number of nitrogens with one attached hydrogen (secondary N) is 1. The lowest BCUT2D eigenvalue weighted by molar-refractivity contribution is -0.137. The molecule has 1 heterocycles. The Labute approximate surface area is 99.3 Å².